The van der Waals surface area contributed by atoms with Crippen LogP contribution in [-0.2, 0) is 20.7 Å². The predicted molar refractivity (Wildman–Crippen MR) is 66.6 cm³/mol. The number of aryl methyl sites for hydroxylation is 1. The Morgan fingerprint density at radius 3 is 2.67 bits per heavy atom. The maximum atomic E-state index is 11.0. The molecule has 0 aliphatic heterocycles. The predicted octanol–water partition coefficient (Wildman–Crippen LogP) is 1.20. The van der Waals surface area contributed by atoms with Gasteiger partial charge in [-0.3, -0.25) is 4.79 Å². The Kier molecular flexibility index (Phi) is 5.18. The summed E-state index contributed by atoms with van der Waals surface area (Å²) < 4.78 is 4.52. The molecule has 0 saturated carbocycles. The van der Waals surface area contributed by atoms with E-state index in [0.29, 0.717) is 16.9 Å². The molecule has 0 radical (unpaired) electrons. The summed E-state index contributed by atoms with van der Waals surface area (Å²) in [5.41, 5.74) is 0.912. The van der Waals surface area contributed by atoms with Crippen LogP contribution in [-0.4, -0.2) is 29.3 Å². The Bertz CT molecular complexity index is 458. The molecule has 1 aromatic carbocycles. The number of aliphatic hydroxyl groups excluding tert-OH is 1. The van der Waals surface area contributed by atoms with Crippen LogP contribution in [0.2, 0.25) is 0 Å². The number of methoxy groups -OCH3 is 1. The highest BCUT2D eigenvalue weighted by Gasteiger charge is 2.19. The fourth-order valence-electron chi connectivity index (χ4n) is 1.51. The van der Waals surface area contributed by atoms with Crippen LogP contribution in [0.4, 0.5) is 0 Å². The second kappa shape index (κ2) is 6.42. The molecule has 18 heavy (non-hydrogen) atoms. The number of hydrogen-bond donors (Lipinski definition) is 3. The number of carboxylic acid groups (broad SMARTS) is 1. The molecular formula is C12H14O5S. The monoisotopic (exact) mass is 270 g/mol. The second-order valence-corrected chi connectivity index (χ2v) is 4.12. The van der Waals surface area contributed by atoms with Crippen molar-refractivity contribution in [3.05, 3.63) is 29.3 Å². The molecule has 6 heteroatoms. The van der Waals surface area contributed by atoms with E-state index in [-0.39, 0.29) is 18.0 Å². The van der Waals surface area contributed by atoms with Crippen LogP contribution in [0.3, 0.4) is 0 Å². The summed E-state index contributed by atoms with van der Waals surface area (Å²) in [7, 11) is 1.30. The van der Waals surface area contributed by atoms with Gasteiger partial charge < -0.3 is 14.9 Å². The number of carbonyl (C=O) groups excluding carboxylic acids is 1. The third-order valence-electron chi connectivity index (χ3n) is 2.51. The number of esters is 1. The average Bonchev–Trinajstić information content (AvgIpc) is 2.36. The first-order chi connectivity index (χ1) is 8.47. The zero-order chi connectivity index (χ0) is 13.7. The van der Waals surface area contributed by atoms with Gasteiger partial charge in [0.25, 0.3) is 0 Å². The smallest absolute Gasteiger partial charge is 0.337 e. The van der Waals surface area contributed by atoms with E-state index in [1.807, 2.05) is 0 Å². The van der Waals surface area contributed by atoms with Gasteiger partial charge in [-0.05, 0) is 12.0 Å². The van der Waals surface area contributed by atoms with Gasteiger partial charge in [0.05, 0.1) is 7.11 Å². The quantitative estimate of drug-likeness (QED) is 0.553. The third-order valence-corrected chi connectivity index (χ3v) is 3.05. The van der Waals surface area contributed by atoms with E-state index >= 15 is 0 Å². The van der Waals surface area contributed by atoms with Gasteiger partial charge in [-0.2, -0.15) is 0 Å². The summed E-state index contributed by atoms with van der Waals surface area (Å²) in [6, 6.07) is 4.83. The number of benzene rings is 1. The van der Waals surface area contributed by atoms with Crippen molar-refractivity contribution in [3.63, 3.8) is 0 Å². The molecule has 2 N–H and O–H groups in total. The van der Waals surface area contributed by atoms with E-state index < -0.39 is 12.1 Å². The summed E-state index contributed by atoms with van der Waals surface area (Å²) in [5, 5.41) is 18.2. The lowest BCUT2D eigenvalue weighted by Crippen LogP contribution is -2.12. The van der Waals surface area contributed by atoms with Crippen LogP contribution in [0.25, 0.3) is 0 Å². The van der Waals surface area contributed by atoms with Crippen molar-refractivity contribution < 1.29 is 24.5 Å². The number of ether oxygens (including phenoxy) is 1. The van der Waals surface area contributed by atoms with Gasteiger partial charge in [-0.15, -0.1) is 12.6 Å². The number of carboxylic acids is 1. The molecule has 0 aliphatic carbocycles. The summed E-state index contributed by atoms with van der Waals surface area (Å²) in [6.45, 7) is 0. The van der Waals surface area contributed by atoms with Gasteiger partial charge >= 0.3 is 11.9 Å². The van der Waals surface area contributed by atoms with Crippen LogP contribution in [0, 0.1) is 0 Å². The molecule has 1 unspecified atom stereocenters. The fourth-order valence-corrected chi connectivity index (χ4v) is 1.89. The number of aliphatic carboxylic acids is 1. The van der Waals surface area contributed by atoms with Crippen LogP contribution >= 0.6 is 12.6 Å². The highest BCUT2D eigenvalue weighted by molar-refractivity contribution is 7.80. The lowest BCUT2D eigenvalue weighted by molar-refractivity contribution is -0.147. The van der Waals surface area contributed by atoms with Crippen LogP contribution in [0.1, 0.15) is 23.7 Å². The number of aliphatic hydroxyl groups is 1. The minimum atomic E-state index is -1.62. The maximum Gasteiger partial charge on any atom is 0.337 e. The summed E-state index contributed by atoms with van der Waals surface area (Å²) in [4.78, 5) is 22.1. The molecule has 0 amide bonds. The maximum absolute atomic E-state index is 11.0. The number of hydrogen-bond acceptors (Lipinski definition) is 5. The number of rotatable bonds is 5. The Morgan fingerprint density at radius 2 is 2.11 bits per heavy atom. The first kappa shape index (κ1) is 14.5. The van der Waals surface area contributed by atoms with Gasteiger partial charge in [0.15, 0.2) is 6.10 Å². The molecule has 0 saturated heterocycles. The molecule has 1 aromatic rings. The largest absolute Gasteiger partial charge is 0.479 e. The molecule has 5 nitrogen and oxygen atoms in total. The molecule has 0 aliphatic rings. The summed E-state index contributed by atoms with van der Waals surface area (Å²) in [5.74, 6) is -1.69. The fraction of sp³-hybridized carbons (Fsp3) is 0.333. The van der Waals surface area contributed by atoms with E-state index in [1.165, 1.54) is 13.2 Å². The molecule has 1 atom stereocenters. The lowest BCUT2D eigenvalue weighted by Gasteiger charge is -2.12. The van der Waals surface area contributed by atoms with Crippen molar-refractivity contribution in [1.82, 2.24) is 0 Å². The lowest BCUT2D eigenvalue weighted by atomic mass is 10.0. The van der Waals surface area contributed by atoms with E-state index in [0.717, 1.165) is 0 Å². The molecule has 0 heterocycles. The minimum absolute atomic E-state index is 0.177. The van der Waals surface area contributed by atoms with Gasteiger partial charge in [-0.1, -0.05) is 18.2 Å². The van der Waals surface area contributed by atoms with Crippen molar-refractivity contribution in [2.24, 2.45) is 0 Å². The Balaban J connectivity index is 2.91. The topological polar surface area (TPSA) is 83.8 Å². The third kappa shape index (κ3) is 3.48. The molecule has 1 rings (SSSR count). The Morgan fingerprint density at radius 1 is 1.44 bits per heavy atom. The first-order valence-corrected chi connectivity index (χ1v) is 5.70. The summed E-state index contributed by atoms with van der Waals surface area (Å²) in [6.07, 6.45) is -1.06. The number of thiol groups is 1. The van der Waals surface area contributed by atoms with E-state index in [9.17, 15) is 14.7 Å². The molecule has 98 valence electrons. The molecule has 0 fully saturated rings. The van der Waals surface area contributed by atoms with Crippen molar-refractivity contribution >= 4 is 24.6 Å². The Labute approximate surface area is 110 Å². The van der Waals surface area contributed by atoms with Gasteiger partial charge in [0.1, 0.15) is 0 Å². The van der Waals surface area contributed by atoms with Gasteiger partial charge in [-0.25, -0.2) is 4.79 Å². The molecule has 0 aromatic heterocycles. The summed E-state index contributed by atoms with van der Waals surface area (Å²) >= 11 is 4.20. The van der Waals surface area contributed by atoms with Crippen molar-refractivity contribution in [3.8, 4) is 0 Å². The number of carbonyl (C=O) groups is 2. The molecular weight excluding hydrogens is 256 g/mol. The molecule has 0 spiro atoms. The normalized spacial score (nSPS) is 11.9. The van der Waals surface area contributed by atoms with E-state index in [1.54, 1.807) is 12.1 Å². The average molecular weight is 270 g/mol. The van der Waals surface area contributed by atoms with E-state index in [2.05, 4.69) is 17.4 Å². The minimum Gasteiger partial charge on any atom is -0.479 e. The SMILES string of the molecule is COC(=O)CCc1cccc(C(O)C(=O)O)c1S. The van der Waals surface area contributed by atoms with Crippen molar-refractivity contribution in [1.29, 1.82) is 0 Å². The van der Waals surface area contributed by atoms with Gasteiger partial charge in [0, 0.05) is 16.9 Å². The zero-order valence-corrected chi connectivity index (χ0v) is 10.7. The van der Waals surface area contributed by atoms with Crippen molar-refractivity contribution in [2.45, 2.75) is 23.8 Å². The van der Waals surface area contributed by atoms with Gasteiger partial charge in [0.2, 0.25) is 0 Å². The van der Waals surface area contributed by atoms with Crippen LogP contribution in [0.5, 0.6) is 0 Å². The first-order valence-electron chi connectivity index (χ1n) is 5.25. The van der Waals surface area contributed by atoms with Crippen molar-refractivity contribution in [2.75, 3.05) is 7.11 Å². The highest BCUT2D eigenvalue weighted by atomic mass is 32.1. The van der Waals surface area contributed by atoms with Crippen LogP contribution in [0.15, 0.2) is 23.1 Å². The standard InChI is InChI=1S/C12H14O5S/c1-17-9(13)6-5-7-3-2-4-8(11(7)18)10(14)12(15)16/h2-4,10,14,18H,5-6H2,1H3,(H,15,16). The van der Waals surface area contributed by atoms with Crippen LogP contribution < -0.4 is 0 Å². The Hall–Kier alpha value is -1.53. The zero-order valence-electron chi connectivity index (χ0n) is 9.79. The second-order valence-electron chi connectivity index (χ2n) is 3.67. The highest BCUT2D eigenvalue weighted by Crippen LogP contribution is 2.26. The van der Waals surface area contributed by atoms with E-state index in [4.69, 9.17) is 5.11 Å². The molecule has 0 bridgehead atoms.